The van der Waals surface area contributed by atoms with Gasteiger partial charge in [0, 0.05) is 24.0 Å². The summed E-state index contributed by atoms with van der Waals surface area (Å²) < 4.78 is 24.9. The maximum Gasteiger partial charge on any atom is 0.276 e. The molecule has 1 aliphatic rings. The Bertz CT molecular complexity index is 948. The summed E-state index contributed by atoms with van der Waals surface area (Å²) in [4.78, 5) is 23.4. The minimum absolute atomic E-state index is 0.0567. The summed E-state index contributed by atoms with van der Waals surface area (Å²) in [6.45, 7) is 3.22. The number of aromatic nitrogens is 2. The fraction of sp³-hybridized carbons (Fsp3) is 0.353. The number of nitrogens with zero attached hydrogens (tertiary/aromatic N) is 2. The molecule has 0 spiro atoms. The second-order valence-corrected chi connectivity index (χ2v) is 8.61. The molecule has 2 N–H and O–H groups in total. The molecule has 2 aromatic rings. The molecule has 1 aromatic carbocycles. The van der Waals surface area contributed by atoms with E-state index in [1.54, 1.807) is 41.9 Å². The number of rotatable bonds is 4. The van der Waals surface area contributed by atoms with Crippen molar-refractivity contribution in [3.05, 3.63) is 41.7 Å². The monoisotopic (exact) mass is 376 g/mol. The summed E-state index contributed by atoms with van der Waals surface area (Å²) in [7, 11) is -3.02. The molecule has 26 heavy (non-hydrogen) atoms. The summed E-state index contributed by atoms with van der Waals surface area (Å²) in [5, 5.41) is 9.68. The Labute approximate surface area is 151 Å². The van der Waals surface area contributed by atoms with Crippen molar-refractivity contribution >= 4 is 33.0 Å². The van der Waals surface area contributed by atoms with Crippen LogP contribution >= 0.6 is 0 Å². The van der Waals surface area contributed by atoms with E-state index in [0.29, 0.717) is 17.8 Å². The molecule has 1 atom stereocenters. The lowest BCUT2D eigenvalue weighted by molar-refractivity contribution is -0.114. The third kappa shape index (κ3) is 4.10. The van der Waals surface area contributed by atoms with Crippen molar-refractivity contribution in [1.29, 1.82) is 0 Å². The van der Waals surface area contributed by atoms with Crippen LogP contribution in [0.4, 0.5) is 11.4 Å². The Kier molecular flexibility index (Phi) is 4.82. The third-order valence-electron chi connectivity index (χ3n) is 4.17. The van der Waals surface area contributed by atoms with Gasteiger partial charge >= 0.3 is 0 Å². The van der Waals surface area contributed by atoms with Gasteiger partial charge in [0.05, 0.1) is 17.5 Å². The molecule has 0 bridgehead atoms. The molecule has 138 valence electrons. The number of benzene rings is 1. The predicted molar refractivity (Wildman–Crippen MR) is 98.0 cm³/mol. The van der Waals surface area contributed by atoms with Crippen LogP contribution in [-0.4, -0.2) is 41.5 Å². The zero-order valence-corrected chi connectivity index (χ0v) is 15.3. The summed E-state index contributed by atoms with van der Waals surface area (Å²) in [5.41, 5.74) is 2.19. The highest BCUT2D eigenvalue weighted by Crippen LogP contribution is 2.25. The molecular weight excluding hydrogens is 356 g/mol. The summed E-state index contributed by atoms with van der Waals surface area (Å²) in [6, 6.07) is 8.15. The van der Waals surface area contributed by atoms with Crippen molar-refractivity contribution in [2.24, 2.45) is 0 Å². The molecule has 1 saturated heterocycles. The van der Waals surface area contributed by atoms with Crippen molar-refractivity contribution in [3.8, 4) is 0 Å². The van der Waals surface area contributed by atoms with Crippen molar-refractivity contribution in [2.75, 3.05) is 22.1 Å². The maximum atomic E-state index is 12.4. The topological polar surface area (TPSA) is 110 Å². The fourth-order valence-corrected chi connectivity index (χ4v) is 4.66. The van der Waals surface area contributed by atoms with Crippen LogP contribution in [0.2, 0.25) is 0 Å². The fourth-order valence-electron chi connectivity index (χ4n) is 2.97. The number of amides is 2. The molecule has 1 fully saturated rings. The van der Waals surface area contributed by atoms with E-state index < -0.39 is 9.84 Å². The van der Waals surface area contributed by atoms with Crippen molar-refractivity contribution in [2.45, 2.75) is 26.3 Å². The minimum Gasteiger partial charge on any atom is -0.326 e. The second-order valence-electron chi connectivity index (χ2n) is 6.39. The average molecular weight is 376 g/mol. The van der Waals surface area contributed by atoms with Gasteiger partial charge < -0.3 is 10.6 Å². The standard InChI is InChI=1S/C17H20N4O4S/c1-11-9-16(20-21(11)15-7-8-26(24,25)10-15)17(23)19-14-5-3-13(4-6-14)18-12(2)22/h3-6,9,15H,7-8,10H2,1-2H3,(H,18,22)(H,19,23). The first kappa shape index (κ1) is 18.1. The zero-order chi connectivity index (χ0) is 18.9. The van der Waals surface area contributed by atoms with Gasteiger partial charge in [0.15, 0.2) is 15.5 Å². The van der Waals surface area contributed by atoms with Gasteiger partial charge in [-0.2, -0.15) is 5.10 Å². The molecule has 3 rings (SSSR count). The number of sulfone groups is 1. The number of hydrogen-bond donors (Lipinski definition) is 2. The van der Waals surface area contributed by atoms with E-state index in [0.717, 1.165) is 5.69 Å². The predicted octanol–water partition coefficient (Wildman–Crippen LogP) is 1.76. The molecule has 1 aromatic heterocycles. The molecule has 8 nitrogen and oxygen atoms in total. The van der Waals surface area contributed by atoms with Gasteiger partial charge in [-0.3, -0.25) is 14.3 Å². The van der Waals surface area contributed by atoms with Gasteiger partial charge in [0.1, 0.15) is 0 Å². The third-order valence-corrected chi connectivity index (χ3v) is 5.92. The Morgan fingerprint density at radius 2 is 1.77 bits per heavy atom. The average Bonchev–Trinajstić information content (AvgIpc) is 3.11. The lowest BCUT2D eigenvalue weighted by Crippen LogP contribution is -2.16. The molecule has 2 heterocycles. The molecule has 1 aliphatic heterocycles. The quantitative estimate of drug-likeness (QED) is 0.845. The van der Waals surface area contributed by atoms with E-state index in [1.807, 2.05) is 0 Å². The van der Waals surface area contributed by atoms with Gasteiger partial charge in [-0.05, 0) is 43.7 Å². The van der Waals surface area contributed by atoms with Crippen LogP contribution in [0.25, 0.3) is 0 Å². The van der Waals surface area contributed by atoms with E-state index >= 15 is 0 Å². The van der Waals surface area contributed by atoms with Gasteiger partial charge in [-0.25, -0.2) is 8.42 Å². The molecular formula is C17H20N4O4S. The normalized spacial score (nSPS) is 18.5. The van der Waals surface area contributed by atoms with Gasteiger partial charge in [0.2, 0.25) is 5.91 Å². The van der Waals surface area contributed by atoms with Crippen molar-refractivity contribution in [3.63, 3.8) is 0 Å². The number of hydrogen-bond acceptors (Lipinski definition) is 5. The largest absolute Gasteiger partial charge is 0.326 e. The summed E-state index contributed by atoms with van der Waals surface area (Å²) in [5.74, 6) is -0.336. The number of anilines is 2. The SMILES string of the molecule is CC(=O)Nc1ccc(NC(=O)c2cc(C)n(C3CCS(=O)(=O)C3)n2)cc1. The van der Waals surface area contributed by atoms with Crippen LogP contribution in [0.3, 0.4) is 0 Å². The summed E-state index contributed by atoms with van der Waals surface area (Å²) in [6.07, 6.45) is 0.510. The van der Waals surface area contributed by atoms with Crippen molar-refractivity contribution in [1.82, 2.24) is 9.78 Å². The minimum atomic E-state index is -3.02. The Morgan fingerprint density at radius 1 is 1.15 bits per heavy atom. The van der Waals surface area contributed by atoms with Crippen LogP contribution in [-0.2, 0) is 14.6 Å². The lowest BCUT2D eigenvalue weighted by Gasteiger charge is -2.10. The molecule has 1 unspecified atom stereocenters. The molecule has 9 heteroatoms. The van der Waals surface area contributed by atoms with Crippen LogP contribution in [0.15, 0.2) is 30.3 Å². The van der Waals surface area contributed by atoms with Gasteiger partial charge in [0.25, 0.3) is 5.91 Å². The van der Waals surface area contributed by atoms with Gasteiger partial charge in [-0.1, -0.05) is 0 Å². The first-order valence-corrected chi connectivity index (χ1v) is 10.0. The molecule has 0 saturated carbocycles. The first-order valence-electron chi connectivity index (χ1n) is 8.19. The Morgan fingerprint density at radius 3 is 2.31 bits per heavy atom. The Balaban J connectivity index is 1.71. The van der Waals surface area contributed by atoms with E-state index in [2.05, 4.69) is 15.7 Å². The highest BCUT2D eigenvalue weighted by Gasteiger charge is 2.31. The number of nitrogens with one attached hydrogen (secondary N) is 2. The molecule has 0 radical (unpaired) electrons. The lowest BCUT2D eigenvalue weighted by atomic mass is 10.2. The Hall–Kier alpha value is -2.68. The molecule has 0 aliphatic carbocycles. The van der Waals surface area contributed by atoms with Crippen LogP contribution < -0.4 is 10.6 Å². The van der Waals surface area contributed by atoms with E-state index in [9.17, 15) is 18.0 Å². The van der Waals surface area contributed by atoms with Crippen molar-refractivity contribution < 1.29 is 18.0 Å². The van der Waals surface area contributed by atoms with Gasteiger partial charge in [-0.15, -0.1) is 0 Å². The van der Waals surface area contributed by atoms with Crippen LogP contribution in [0.1, 0.15) is 35.6 Å². The summed E-state index contributed by atoms with van der Waals surface area (Å²) >= 11 is 0. The van der Waals surface area contributed by atoms with E-state index in [4.69, 9.17) is 0 Å². The maximum absolute atomic E-state index is 12.4. The smallest absolute Gasteiger partial charge is 0.276 e. The zero-order valence-electron chi connectivity index (χ0n) is 14.5. The highest BCUT2D eigenvalue weighted by molar-refractivity contribution is 7.91. The second kappa shape index (κ2) is 6.91. The number of carbonyl (C=O) groups is 2. The van der Waals surface area contributed by atoms with E-state index in [-0.39, 0.29) is 35.1 Å². The molecule has 2 amide bonds. The number of carbonyl (C=O) groups excluding carboxylic acids is 2. The van der Waals surface area contributed by atoms with Crippen LogP contribution in [0.5, 0.6) is 0 Å². The number of aryl methyl sites for hydroxylation is 1. The highest BCUT2D eigenvalue weighted by atomic mass is 32.2. The van der Waals surface area contributed by atoms with E-state index in [1.165, 1.54) is 6.92 Å². The first-order chi connectivity index (χ1) is 12.2. The van der Waals surface area contributed by atoms with Crippen LogP contribution in [0, 0.1) is 6.92 Å².